The van der Waals surface area contributed by atoms with E-state index in [2.05, 4.69) is 29.2 Å². The first-order valence-corrected chi connectivity index (χ1v) is 11.5. The molecule has 1 saturated heterocycles. The Kier molecular flexibility index (Phi) is 5.65. The number of piperidine rings is 1. The molecule has 154 valence electrons. The Labute approximate surface area is 172 Å². The van der Waals surface area contributed by atoms with Crippen LogP contribution in [-0.2, 0) is 16.4 Å². The Morgan fingerprint density at radius 2 is 1.66 bits per heavy atom. The van der Waals surface area contributed by atoms with E-state index in [0.29, 0.717) is 39.2 Å². The van der Waals surface area contributed by atoms with E-state index in [0.717, 1.165) is 32.5 Å². The van der Waals surface area contributed by atoms with Crippen LogP contribution in [-0.4, -0.2) is 40.6 Å². The third-order valence-corrected chi connectivity index (χ3v) is 7.82. The van der Waals surface area contributed by atoms with Crippen LogP contribution in [0.3, 0.4) is 0 Å². The van der Waals surface area contributed by atoms with Crippen LogP contribution in [0.1, 0.15) is 30.4 Å². The van der Waals surface area contributed by atoms with Crippen molar-refractivity contribution in [3.05, 3.63) is 58.5 Å². The Morgan fingerprint density at radius 3 is 2.31 bits per heavy atom. The van der Waals surface area contributed by atoms with Crippen molar-refractivity contribution >= 4 is 15.9 Å². The molecule has 0 aromatic heterocycles. The van der Waals surface area contributed by atoms with Gasteiger partial charge in [0.05, 0.1) is 24.0 Å². The average Bonchev–Trinajstić information content (AvgIpc) is 2.98. The average molecular weight is 414 g/mol. The molecule has 2 aliphatic heterocycles. The molecular formula is C23H27NO4S. The highest BCUT2D eigenvalue weighted by Gasteiger charge is 2.33. The van der Waals surface area contributed by atoms with Crippen LogP contribution >= 0.6 is 0 Å². The molecule has 0 N–H and O–H groups in total. The highest BCUT2D eigenvalue weighted by Crippen LogP contribution is 2.42. The largest absolute Gasteiger partial charge is 0.493 e. The summed E-state index contributed by atoms with van der Waals surface area (Å²) in [7, 11) is -0.379. The molecule has 2 aliphatic rings. The van der Waals surface area contributed by atoms with Crippen LogP contribution in [0.5, 0.6) is 11.5 Å². The molecule has 0 atom stereocenters. The Balaban J connectivity index is 1.42. The molecule has 0 spiro atoms. The summed E-state index contributed by atoms with van der Waals surface area (Å²) in [6.45, 7) is 2.96. The van der Waals surface area contributed by atoms with E-state index in [9.17, 15) is 8.42 Å². The summed E-state index contributed by atoms with van der Waals surface area (Å²) in [4.78, 5) is 3.30. The van der Waals surface area contributed by atoms with Gasteiger partial charge < -0.3 is 9.47 Å². The quantitative estimate of drug-likeness (QED) is 0.713. The van der Waals surface area contributed by atoms with Crippen molar-refractivity contribution in [1.29, 1.82) is 0 Å². The van der Waals surface area contributed by atoms with Crippen molar-refractivity contribution in [3.63, 3.8) is 0 Å². The molecule has 0 amide bonds. The number of likely N-dealkylation sites (tertiary alicyclic amines) is 1. The minimum absolute atomic E-state index is 0.326. The van der Waals surface area contributed by atoms with Gasteiger partial charge in [-0.3, -0.25) is 4.90 Å². The number of benzene rings is 2. The molecule has 0 aliphatic carbocycles. The number of allylic oxidation sites excluding steroid dienone is 1. The number of fused-ring (bicyclic) bond motifs is 1. The number of hydrogen-bond donors (Lipinski definition) is 0. The fourth-order valence-electron chi connectivity index (χ4n) is 4.26. The minimum atomic E-state index is -3.45. The number of methoxy groups -OCH3 is 2. The standard InChI is InChI=1S/C23H27NO4S/c1-27-21-14-19-13-20(29(25,26)23(19)15-22(21)28-2)12-17-8-10-24(11-9-17)16-18-6-4-3-5-7-18/h3-7,13-15,17H,8-12,16H2,1-2H3. The molecule has 1 fully saturated rings. The van der Waals surface area contributed by atoms with Crippen molar-refractivity contribution in [3.8, 4) is 11.5 Å². The zero-order chi connectivity index (χ0) is 20.4. The van der Waals surface area contributed by atoms with Crippen molar-refractivity contribution in [2.45, 2.75) is 30.7 Å². The first-order chi connectivity index (χ1) is 14.0. The fourth-order valence-corrected chi connectivity index (χ4v) is 5.97. The van der Waals surface area contributed by atoms with Gasteiger partial charge in [-0.05, 0) is 61.5 Å². The van der Waals surface area contributed by atoms with Gasteiger partial charge in [-0.2, -0.15) is 0 Å². The normalized spacial score (nSPS) is 18.9. The van der Waals surface area contributed by atoms with Gasteiger partial charge in [-0.15, -0.1) is 0 Å². The number of ether oxygens (including phenoxy) is 2. The first-order valence-electron chi connectivity index (χ1n) is 9.99. The first kappa shape index (κ1) is 20.0. The van der Waals surface area contributed by atoms with E-state index in [4.69, 9.17) is 9.47 Å². The minimum Gasteiger partial charge on any atom is -0.493 e. The lowest BCUT2D eigenvalue weighted by Gasteiger charge is -2.32. The predicted octanol–water partition coefficient (Wildman–Crippen LogP) is 4.13. The van der Waals surface area contributed by atoms with Crippen LogP contribution in [0.2, 0.25) is 0 Å². The second-order valence-corrected chi connectivity index (χ2v) is 9.74. The molecule has 0 unspecified atom stereocenters. The summed E-state index contributed by atoms with van der Waals surface area (Å²) in [5, 5.41) is 0. The van der Waals surface area contributed by atoms with Crippen LogP contribution in [0, 0.1) is 5.92 Å². The summed E-state index contributed by atoms with van der Waals surface area (Å²) in [6, 6.07) is 13.8. The zero-order valence-electron chi connectivity index (χ0n) is 16.9. The number of hydrogen-bond acceptors (Lipinski definition) is 5. The highest BCUT2D eigenvalue weighted by molar-refractivity contribution is 7.95. The van der Waals surface area contributed by atoms with E-state index in [1.165, 1.54) is 12.7 Å². The molecule has 6 heteroatoms. The Hall–Kier alpha value is -2.31. The smallest absolute Gasteiger partial charge is 0.203 e. The maximum Gasteiger partial charge on any atom is 0.203 e. The lowest BCUT2D eigenvalue weighted by Crippen LogP contribution is -2.33. The van der Waals surface area contributed by atoms with Crippen LogP contribution in [0.25, 0.3) is 6.08 Å². The Morgan fingerprint density at radius 1 is 1.00 bits per heavy atom. The van der Waals surface area contributed by atoms with Crippen molar-refractivity contribution < 1.29 is 17.9 Å². The van der Waals surface area contributed by atoms with Gasteiger partial charge >= 0.3 is 0 Å². The highest BCUT2D eigenvalue weighted by atomic mass is 32.2. The van der Waals surface area contributed by atoms with Gasteiger partial charge in [0.2, 0.25) is 9.84 Å². The molecule has 4 rings (SSSR count). The van der Waals surface area contributed by atoms with Gasteiger partial charge in [0.1, 0.15) is 0 Å². The molecule has 2 aromatic carbocycles. The SMILES string of the molecule is COc1cc2c(cc1OC)S(=O)(=O)C(CC1CCN(Cc3ccccc3)CC1)=C2. The van der Waals surface area contributed by atoms with Gasteiger partial charge in [-0.1, -0.05) is 30.3 Å². The number of nitrogens with zero attached hydrogens (tertiary/aromatic N) is 1. The van der Waals surface area contributed by atoms with Gasteiger partial charge in [-0.25, -0.2) is 8.42 Å². The van der Waals surface area contributed by atoms with E-state index in [-0.39, 0.29) is 0 Å². The maximum absolute atomic E-state index is 13.1. The van der Waals surface area contributed by atoms with E-state index < -0.39 is 9.84 Å². The summed E-state index contributed by atoms with van der Waals surface area (Å²) in [6.07, 6.45) is 4.44. The van der Waals surface area contributed by atoms with Crippen LogP contribution in [0.15, 0.2) is 52.3 Å². The van der Waals surface area contributed by atoms with Gasteiger partial charge in [0.15, 0.2) is 11.5 Å². The second kappa shape index (κ2) is 8.20. The van der Waals surface area contributed by atoms with Crippen molar-refractivity contribution in [2.75, 3.05) is 27.3 Å². The van der Waals surface area contributed by atoms with E-state index in [1.807, 2.05) is 12.1 Å². The monoisotopic (exact) mass is 413 g/mol. The molecular weight excluding hydrogens is 386 g/mol. The molecule has 29 heavy (non-hydrogen) atoms. The van der Waals surface area contributed by atoms with E-state index >= 15 is 0 Å². The zero-order valence-corrected chi connectivity index (χ0v) is 17.7. The van der Waals surface area contributed by atoms with Crippen LogP contribution in [0.4, 0.5) is 0 Å². The Bertz CT molecular complexity index is 1010. The maximum atomic E-state index is 13.1. The molecule has 2 heterocycles. The fraction of sp³-hybridized carbons (Fsp3) is 0.391. The molecule has 0 radical (unpaired) electrons. The molecule has 5 nitrogen and oxygen atoms in total. The molecule has 0 saturated carbocycles. The summed E-state index contributed by atoms with van der Waals surface area (Å²) >= 11 is 0. The third kappa shape index (κ3) is 4.05. The lowest BCUT2D eigenvalue weighted by molar-refractivity contribution is 0.178. The van der Waals surface area contributed by atoms with Crippen molar-refractivity contribution in [2.24, 2.45) is 5.92 Å². The van der Waals surface area contributed by atoms with E-state index in [1.54, 1.807) is 19.2 Å². The summed E-state index contributed by atoms with van der Waals surface area (Å²) in [5.41, 5.74) is 2.02. The van der Waals surface area contributed by atoms with Crippen molar-refractivity contribution in [1.82, 2.24) is 4.90 Å². The number of rotatable bonds is 6. The summed E-state index contributed by atoms with van der Waals surface area (Å²) in [5.74, 6) is 1.38. The van der Waals surface area contributed by atoms with Crippen LogP contribution < -0.4 is 9.47 Å². The third-order valence-electron chi connectivity index (χ3n) is 5.91. The van der Waals surface area contributed by atoms with Gasteiger partial charge in [0, 0.05) is 12.6 Å². The molecule has 2 aromatic rings. The van der Waals surface area contributed by atoms with Gasteiger partial charge in [0.25, 0.3) is 0 Å². The topological polar surface area (TPSA) is 55.8 Å². The lowest BCUT2D eigenvalue weighted by atomic mass is 9.92. The number of sulfone groups is 1. The molecule has 0 bridgehead atoms. The second-order valence-electron chi connectivity index (χ2n) is 7.77. The summed E-state index contributed by atoms with van der Waals surface area (Å²) < 4.78 is 36.7. The predicted molar refractivity (Wildman–Crippen MR) is 114 cm³/mol.